The number of aryl methyl sites for hydroxylation is 2. The molecule has 21 heavy (non-hydrogen) atoms. The maximum absolute atomic E-state index is 12.4. The van der Waals surface area contributed by atoms with Gasteiger partial charge in [-0.15, -0.1) is 0 Å². The number of nitrogens with two attached hydrogens (primary N) is 1. The number of hydrogen-bond donors (Lipinski definition) is 2. The van der Waals surface area contributed by atoms with E-state index < -0.39 is 5.54 Å². The molecule has 0 aliphatic heterocycles. The van der Waals surface area contributed by atoms with Gasteiger partial charge in [0.15, 0.2) is 0 Å². The molecule has 2 aromatic rings. The summed E-state index contributed by atoms with van der Waals surface area (Å²) in [6.07, 6.45) is 3.21. The fourth-order valence-electron chi connectivity index (χ4n) is 2.26. The molecule has 7 heteroatoms. The quantitative estimate of drug-likeness (QED) is 0.887. The number of carbonyl (C=O) groups is 1. The summed E-state index contributed by atoms with van der Waals surface area (Å²) < 4.78 is 6.62. The van der Waals surface area contributed by atoms with Crippen LogP contribution in [0.1, 0.15) is 54.1 Å². The Hall–Kier alpha value is -2.15. The predicted molar refractivity (Wildman–Crippen MR) is 77.5 cm³/mol. The molecule has 0 radical (unpaired) electrons. The molecule has 7 nitrogen and oxygen atoms in total. The van der Waals surface area contributed by atoms with Gasteiger partial charge in [-0.05, 0) is 27.7 Å². The minimum atomic E-state index is -0.743. The second-order valence-corrected chi connectivity index (χ2v) is 5.84. The molecule has 0 aromatic carbocycles. The fraction of sp³-hybridized carbons (Fsp3) is 0.500. The zero-order chi connectivity index (χ0) is 15.8. The Balaban J connectivity index is 2.19. The Kier molecular flexibility index (Phi) is 3.87. The van der Waals surface area contributed by atoms with Gasteiger partial charge in [0.05, 0.1) is 17.3 Å². The van der Waals surface area contributed by atoms with Crippen molar-refractivity contribution in [1.82, 2.24) is 20.3 Å². The maximum atomic E-state index is 12.4. The van der Waals surface area contributed by atoms with Gasteiger partial charge in [0.2, 0.25) is 0 Å². The molecule has 0 saturated heterocycles. The molecule has 1 amide bonds. The van der Waals surface area contributed by atoms with Gasteiger partial charge in [0, 0.05) is 18.8 Å². The first kappa shape index (κ1) is 15.2. The molecule has 1 unspecified atom stereocenters. The van der Waals surface area contributed by atoms with E-state index in [1.807, 2.05) is 27.1 Å². The molecule has 0 fully saturated rings. The van der Waals surface area contributed by atoms with E-state index in [9.17, 15) is 4.79 Å². The van der Waals surface area contributed by atoms with E-state index in [2.05, 4.69) is 15.6 Å². The van der Waals surface area contributed by atoms with Gasteiger partial charge >= 0.3 is 0 Å². The van der Waals surface area contributed by atoms with Crippen LogP contribution in [-0.4, -0.2) is 20.8 Å². The number of amides is 1. The van der Waals surface area contributed by atoms with E-state index in [1.165, 1.54) is 6.26 Å². The summed E-state index contributed by atoms with van der Waals surface area (Å²) in [7, 11) is 1.85. The lowest BCUT2D eigenvalue weighted by atomic mass is 9.98. The van der Waals surface area contributed by atoms with Gasteiger partial charge in [0.1, 0.15) is 17.5 Å². The Bertz CT molecular complexity index is 651. The first-order chi connectivity index (χ1) is 9.70. The first-order valence-corrected chi connectivity index (χ1v) is 6.75. The van der Waals surface area contributed by atoms with Crippen LogP contribution in [0.5, 0.6) is 0 Å². The predicted octanol–water partition coefficient (Wildman–Crippen LogP) is 1.40. The van der Waals surface area contributed by atoms with E-state index >= 15 is 0 Å². The molecule has 1 atom stereocenters. The highest BCUT2D eigenvalue weighted by atomic mass is 16.5. The lowest BCUT2D eigenvalue weighted by Gasteiger charge is -2.18. The fourth-order valence-corrected chi connectivity index (χ4v) is 2.26. The lowest BCUT2D eigenvalue weighted by Crippen LogP contribution is -2.34. The van der Waals surface area contributed by atoms with Crippen LogP contribution in [0.4, 0.5) is 0 Å². The van der Waals surface area contributed by atoms with E-state index in [-0.39, 0.29) is 11.9 Å². The summed E-state index contributed by atoms with van der Waals surface area (Å²) in [4.78, 5) is 12.4. The summed E-state index contributed by atoms with van der Waals surface area (Å²) in [5, 5.41) is 11.0. The number of carbonyl (C=O) groups excluding carboxylic acids is 1. The molecule has 2 rings (SSSR count). The molecule has 0 saturated carbocycles. The van der Waals surface area contributed by atoms with Crippen molar-refractivity contribution in [2.24, 2.45) is 12.8 Å². The highest BCUT2D eigenvalue weighted by Gasteiger charge is 2.27. The third kappa shape index (κ3) is 3.13. The number of hydrogen-bond acceptors (Lipinski definition) is 5. The van der Waals surface area contributed by atoms with Crippen LogP contribution < -0.4 is 11.1 Å². The number of rotatable bonds is 4. The molecular weight excluding hydrogens is 270 g/mol. The normalized spacial score (nSPS) is 13.2. The van der Waals surface area contributed by atoms with Crippen LogP contribution >= 0.6 is 0 Å². The zero-order valence-corrected chi connectivity index (χ0v) is 13.0. The second kappa shape index (κ2) is 5.33. The monoisotopic (exact) mass is 291 g/mol. The van der Waals surface area contributed by atoms with Crippen molar-refractivity contribution in [3.63, 3.8) is 0 Å². The van der Waals surface area contributed by atoms with Gasteiger partial charge in [-0.1, -0.05) is 5.16 Å². The average Bonchev–Trinajstić information content (AvgIpc) is 2.94. The smallest absolute Gasteiger partial charge is 0.257 e. The summed E-state index contributed by atoms with van der Waals surface area (Å²) >= 11 is 0. The van der Waals surface area contributed by atoms with Crippen molar-refractivity contribution in [1.29, 1.82) is 0 Å². The Morgan fingerprint density at radius 2 is 2.19 bits per heavy atom. The van der Waals surface area contributed by atoms with Crippen LogP contribution in [0.15, 0.2) is 17.0 Å². The van der Waals surface area contributed by atoms with Gasteiger partial charge in [-0.25, -0.2) is 0 Å². The third-order valence-electron chi connectivity index (χ3n) is 3.29. The topological polar surface area (TPSA) is 99.0 Å². The number of nitrogens with zero attached hydrogens (tertiary/aromatic N) is 3. The van der Waals surface area contributed by atoms with Crippen LogP contribution in [0, 0.1) is 6.92 Å². The second-order valence-electron chi connectivity index (χ2n) is 5.84. The zero-order valence-electron chi connectivity index (χ0n) is 13.0. The largest absolute Gasteiger partial charge is 0.364 e. The van der Waals surface area contributed by atoms with Gasteiger partial charge in [0.25, 0.3) is 5.91 Å². The van der Waals surface area contributed by atoms with Crippen LogP contribution in [0.3, 0.4) is 0 Å². The van der Waals surface area contributed by atoms with Crippen LogP contribution in [0.25, 0.3) is 0 Å². The first-order valence-electron chi connectivity index (χ1n) is 6.75. The van der Waals surface area contributed by atoms with Gasteiger partial charge < -0.3 is 15.6 Å². The lowest BCUT2D eigenvalue weighted by molar-refractivity contribution is 0.0937. The van der Waals surface area contributed by atoms with Crippen molar-refractivity contribution >= 4 is 5.91 Å². The standard InChI is InChI=1S/C14H21N5O2/c1-8(10-6-19(5)17-9(10)2)16-13(20)11-7-21-18-12(11)14(3,4)15/h6-8H,15H2,1-5H3,(H,16,20). The maximum Gasteiger partial charge on any atom is 0.257 e. The molecule has 2 aromatic heterocycles. The highest BCUT2D eigenvalue weighted by Crippen LogP contribution is 2.21. The van der Waals surface area contributed by atoms with Crippen molar-refractivity contribution in [2.75, 3.05) is 0 Å². The SMILES string of the molecule is Cc1nn(C)cc1C(C)NC(=O)c1conc1C(C)(C)N. The van der Waals surface area contributed by atoms with E-state index in [0.29, 0.717) is 11.3 Å². The van der Waals surface area contributed by atoms with Crippen molar-refractivity contribution in [3.8, 4) is 0 Å². The Labute approximate surface area is 123 Å². The number of aromatic nitrogens is 3. The molecule has 2 heterocycles. The molecular formula is C14H21N5O2. The molecule has 0 aliphatic carbocycles. The minimum absolute atomic E-state index is 0.171. The van der Waals surface area contributed by atoms with Gasteiger partial charge in [-0.3, -0.25) is 9.48 Å². The van der Waals surface area contributed by atoms with Crippen molar-refractivity contribution < 1.29 is 9.32 Å². The molecule has 114 valence electrons. The third-order valence-corrected chi connectivity index (χ3v) is 3.29. The molecule has 0 bridgehead atoms. The van der Waals surface area contributed by atoms with E-state index in [1.54, 1.807) is 18.5 Å². The Morgan fingerprint density at radius 1 is 1.52 bits per heavy atom. The van der Waals surface area contributed by atoms with Crippen molar-refractivity contribution in [2.45, 2.75) is 39.3 Å². The summed E-state index contributed by atoms with van der Waals surface area (Å²) in [6.45, 7) is 7.36. The van der Waals surface area contributed by atoms with Crippen LogP contribution in [0.2, 0.25) is 0 Å². The average molecular weight is 291 g/mol. The van der Waals surface area contributed by atoms with Crippen molar-refractivity contribution in [3.05, 3.63) is 35.0 Å². The van der Waals surface area contributed by atoms with E-state index in [4.69, 9.17) is 10.3 Å². The Morgan fingerprint density at radius 3 is 2.71 bits per heavy atom. The molecule has 3 N–H and O–H groups in total. The number of nitrogens with one attached hydrogen (secondary N) is 1. The molecule has 0 aliphatic rings. The van der Waals surface area contributed by atoms with Gasteiger partial charge in [-0.2, -0.15) is 5.10 Å². The van der Waals surface area contributed by atoms with E-state index in [0.717, 1.165) is 11.3 Å². The van der Waals surface area contributed by atoms with Crippen LogP contribution in [-0.2, 0) is 12.6 Å². The minimum Gasteiger partial charge on any atom is -0.364 e. The highest BCUT2D eigenvalue weighted by molar-refractivity contribution is 5.95. The summed E-state index contributed by atoms with van der Waals surface area (Å²) in [6, 6.07) is -0.171. The summed E-state index contributed by atoms with van der Waals surface area (Å²) in [5.41, 5.74) is 7.90. The summed E-state index contributed by atoms with van der Waals surface area (Å²) in [5.74, 6) is -0.263. The molecule has 0 spiro atoms.